The first-order chi connectivity index (χ1) is 7.99. The first-order valence-electron chi connectivity index (χ1n) is 6.32. The molecule has 0 aromatic heterocycles. The van der Waals surface area contributed by atoms with Crippen LogP contribution in [0.5, 0.6) is 0 Å². The van der Waals surface area contributed by atoms with Gasteiger partial charge in [-0.15, -0.1) is 0 Å². The van der Waals surface area contributed by atoms with Crippen molar-refractivity contribution < 1.29 is 19.1 Å². The second kappa shape index (κ2) is 8.09. The van der Waals surface area contributed by atoms with Gasteiger partial charge >= 0.3 is 11.9 Å². The standard InChI is InChI=1S/C13H24O4/c1-6-10(9(4)5)11(12(14)16-7-2)13(15)17-8-3/h9-11H,6-8H2,1-5H3. The average Bonchev–Trinajstić information content (AvgIpc) is 2.25. The van der Waals surface area contributed by atoms with E-state index in [0.29, 0.717) is 0 Å². The summed E-state index contributed by atoms with van der Waals surface area (Å²) < 4.78 is 9.93. The number of hydrogen-bond acceptors (Lipinski definition) is 4. The average molecular weight is 244 g/mol. The summed E-state index contributed by atoms with van der Waals surface area (Å²) in [6, 6.07) is 0. The molecule has 0 aromatic carbocycles. The highest BCUT2D eigenvalue weighted by molar-refractivity contribution is 5.95. The summed E-state index contributed by atoms with van der Waals surface area (Å²) in [6.45, 7) is 9.99. The molecule has 1 atom stereocenters. The van der Waals surface area contributed by atoms with Crippen LogP contribution in [0.15, 0.2) is 0 Å². The van der Waals surface area contributed by atoms with Crippen molar-refractivity contribution in [1.82, 2.24) is 0 Å². The van der Waals surface area contributed by atoms with E-state index in [1.165, 1.54) is 0 Å². The van der Waals surface area contributed by atoms with Gasteiger partial charge < -0.3 is 9.47 Å². The molecule has 17 heavy (non-hydrogen) atoms. The van der Waals surface area contributed by atoms with Gasteiger partial charge in [-0.1, -0.05) is 27.2 Å². The Hall–Kier alpha value is -1.06. The smallest absolute Gasteiger partial charge is 0.320 e. The number of carbonyl (C=O) groups is 2. The second-order valence-corrected chi connectivity index (χ2v) is 4.30. The number of rotatable bonds is 7. The summed E-state index contributed by atoms with van der Waals surface area (Å²) in [5.74, 6) is -1.52. The predicted octanol–water partition coefficient (Wildman–Crippen LogP) is 2.41. The summed E-state index contributed by atoms with van der Waals surface area (Å²) in [5.41, 5.74) is 0. The molecule has 100 valence electrons. The van der Waals surface area contributed by atoms with E-state index in [9.17, 15) is 9.59 Å². The molecular weight excluding hydrogens is 220 g/mol. The normalized spacial score (nSPS) is 12.6. The van der Waals surface area contributed by atoms with Crippen LogP contribution < -0.4 is 0 Å². The molecule has 0 rings (SSSR count). The van der Waals surface area contributed by atoms with Gasteiger partial charge in [0.05, 0.1) is 13.2 Å². The van der Waals surface area contributed by atoms with Crippen molar-refractivity contribution in [3.63, 3.8) is 0 Å². The zero-order valence-corrected chi connectivity index (χ0v) is 11.5. The molecule has 0 heterocycles. The van der Waals surface area contributed by atoms with Crippen LogP contribution in [0.4, 0.5) is 0 Å². The molecule has 0 aliphatic carbocycles. The van der Waals surface area contributed by atoms with Crippen LogP contribution in [-0.2, 0) is 19.1 Å². The van der Waals surface area contributed by atoms with Crippen molar-refractivity contribution in [3.05, 3.63) is 0 Å². The minimum atomic E-state index is -0.792. The Balaban J connectivity index is 4.93. The Kier molecular flexibility index (Phi) is 7.59. The molecule has 0 aliphatic rings. The van der Waals surface area contributed by atoms with Gasteiger partial charge in [0.1, 0.15) is 0 Å². The highest BCUT2D eigenvalue weighted by Gasteiger charge is 2.37. The van der Waals surface area contributed by atoms with Gasteiger partial charge in [-0.3, -0.25) is 9.59 Å². The van der Waals surface area contributed by atoms with E-state index in [1.54, 1.807) is 13.8 Å². The van der Waals surface area contributed by atoms with Crippen molar-refractivity contribution in [3.8, 4) is 0 Å². The number of esters is 2. The lowest BCUT2D eigenvalue weighted by molar-refractivity contribution is -0.165. The summed E-state index contributed by atoms with van der Waals surface area (Å²) in [6.07, 6.45) is 0.750. The van der Waals surface area contributed by atoms with E-state index in [1.807, 2.05) is 20.8 Å². The van der Waals surface area contributed by atoms with Crippen molar-refractivity contribution in [2.75, 3.05) is 13.2 Å². The zero-order chi connectivity index (χ0) is 13.4. The van der Waals surface area contributed by atoms with Crippen LogP contribution in [0, 0.1) is 17.8 Å². The summed E-state index contributed by atoms with van der Waals surface area (Å²) >= 11 is 0. The quantitative estimate of drug-likeness (QED) is 0.510. The van der Waals surface area contributed by atoms with E-state index in [4.69, 9.17) is 9.47 Å². The van der Waals surface area contributed by atoms with Crippen molar-refractivity contribution in [2.45, 2.75) is 41.0 Å². The monoisotopic (exact) mass is 244 g/mol. The van der Waals surface area contributed by atoms with E-state index in [2.05, 4.69) is 0 Å². The van der Waals surface area contributed by atoms with Crippen LogP contribution in [-0.4, -0.2) is 25.2 Å². The second-order valence-electron chi connectivity index (χ2n) is 4.30. The zero-order valence-electron chi connectivity index (χ0n) is 11.5. The minimum absolute atomic E-state index is 0.0342. The largest absolute Gasteiger partial charge is 0.465 e. The molecule has 0 fully saturated rings. The van der Waals surface area contributed by atoms with Gasteiger partial charge in [0.25, 0.3) is 0 Å². The fraction of sp³-hybridized carbons (Fsp3) is 0.846. The van der Waals surface area contributed by atoms with Crippen LogP contribution in [0.1, 0.15) is 41.0 Å². The van der Waals surface area contributed by atoms with Gasteiger partial charge in [-0.05, 0) is 25.7 Å². The first-order valence-corrected chi connectivity index (χ1v) is 6.32. The summed E-state index contributed by atoms with van der Waals surface area (Å²) in [4.78, 5) is 23.7. The molecular formula is C13H24O4. The molecule has 0 saturated heterocycles. The maximum absolute atomic E-state index is 11.8. The lowest BCUT2D eigenvalue weighted by atomic mass is 9.81. The first kappa shape index (κ1) is 15.9. The topological polar surface area (TPSA) is 52.6 Å². The molecule has 0 amide bonds. The van der Waals surface area contributed by atoms with E-state index < -0.39 is 17.9 Å². The fourth-order valence-electron chi connectivity index (χ4n) is 2.00. The van der Waals surface area contributed by atoms with E-state index >= 15 is 0 Å². The SMILES string of the molecule is CCOC(=O)C(C(=O)OCC)C(CC)C(C)C. The Morgan fingerprint density at radius 1 is 0.941 bits per heavy atom. The molecule has 0 bridgehead atoms. The molecule has 0 aromatic rings. The Bertz CT molecular complexity index is 230. The van der Waals surface area contributed by atoms with Gasteiger partial charge in [0.15, 0.2) is 5.92 Å². The predicted molar refractivity (Wildman–Crippen MR) is 65.4 cm³/mol. The minimum Gasteiger partial charge on any atom is -0.465 e. The van der Waals surface area contributed by atoms with Gasteiger partial charge in [-0.25, -0.2) is 0 Å². The lowest BCUT2D eigenvalue weighted by Gasteiger charge is -2.25. The van der Waals surface area contributed by atoms with Crippen molar-refractivity contribution >= 4 is 11.9 Å². The fourth-order valence-corrected chi connectivity index (χ4v) is 2.00. The number of carbonyl (C=O) groups excluding carboxylic acids is 2. The maximum Gasteiger partial charge on any atom is 0.320 e. The van der Waals surface area contributed by atoms with E-state index in [0.717, 1.165) is 6.42 Å². The Morgan fingerprint density at radius 2 is 1.35 bits per heavy atom. The molecule has 0 N–H and O–H groups in total. The molecule has 1 unspecified atom stereocenters. The number of ether oxygens (including phenoxy) is 2. The molecule has 0 radical (unpaired) electrons. The van der Waals surface area contributed by atoms with E-state index in [-0.39, 0.29) is 25.0 Å². The lowest BCUT2D eigenvalue weighted by Crippen LogP contribution is -2.36. The van der Waals surface area contributed by atoms with Gasteiger partial charge in [0, 0.05) is 0 Å². The van der Waals surface area contributed by atoms with Crippen LogP contribution in [0.2, 0.25) is 0 Å². The van der Waals surface area contributed by atoms with Gasteiger partial charge in [-0.2, -0.15) is 0 Å². The van der Waals surface area contributed by atoms with Crippen molar-refractivity contribution in [1.29, 1.82) is 0 Å². The van der Waals surface area contributed by atoms with Crippen LogP contribution in [0.25, 0.3) is 0 Å². The molecule has 0 saturated carbocycles. The Morgan fingerprint density at radius 3 is 1.59 bits per heavy atom. The van der Waals surface area contributed by atoms with Gasteiger partial charge in [0.2, 0.25) is 0 Å². The molecule has 0 spiro atoms. The highest BCUT2D eigenvalue weighted by Crippen LogP contribution is 2.26. The number of hydrogen-bond donors (Lipinski definition) is 0. The molecule has 4 heteroatoms. The summed E-state index contributed by atoms with van der Waals surface area (Å²) in [5, 5.41) is 0. The molecule has 4 nitrogen and oxygen atoms in total. The van der Waals surface area contributed by atoms with Crippen LogP contribution in [0.3, 0.4) is 0 Å². The third-order valence-corrected chi connectivity index (χ3v) is 2.84. The summed E-state index contributed by atoms with van der Waals surface area (Å²) in [7, 11) is 0. The third-order valence-electron chi connectivity index (χ3n) is 2.84. The van der Waals surface area contributed by atoms with Crippen molar-refractivity contribution in [2.24, 2.45) is 17.8 Å². The molecule has 0 aliphatic heterocycles. The Labute approximate surface area is 104 Å². The maximum atomic E-state index is 11.8. The van der Waals surface area contributed by atoms with Crippen LogP contribution >= 0.6 is 0 Å². The highest BCUT2D eigenvalue weighted by atomic mass is 16.6. The third kappa shape index (κ3) is 4.75.